The fraction of sp³-hybridized carbons (Fsp3) is 0.360. The molecule has 9 nitrogen and oxygen atoms in total. The van der Waals surface area contributed by atoms with Crippen LogP contribution in [-0.4, -0.2) is 67.9 Å². The summed E-state index contributed by atoms with van der Waals surface area (Å²) in [5.74, 6) is -0.970. The Bertz CT molecular complexity index is 1340. The summed E-state index contributed by atoms with van der Waals surface area (Å²) in [5.41, 5.74) is 1.05. The third kappa shape index (κ3) is 5.66. The number of aromatic nitrogens is 1. The number of carbonyl (C=O) groups is 2. The van der Waals surface area contributed by atoms with Crippen molar-refractivity contribution < 1.29 is 27.5 Å². The van der Waals surface area contributed by atoms with Crippen LogP contribution in [0, 0.1) is 0 Å². The van der Waals surface area contributed by atoms with Gasteiger partial charge in [0.05, 0.1) is 24.2 Å². The highest BCUT2D eigenvalue weighted by atomic mass is 32.2. The summed E-state index contributed by atoms with van der Waals surface area (Å²) >= 11 is 0. The van der Waals surface area contributed by atoms with Crippen molar-refractivity contribution in [2.24, 2.45) is 0 Å². The predicted octanol–water partition coefficient (Wildman–Crippen LogP) is 2.70. The molecule has 35 heavy (non-hydrogen) atoms. The van der Waals surface area contributed by atoms with Gasteiger partial charge in [-0.2, -0.15) is 0 Å². The van der Waals surface area contributed by atoms with Crippen LogP contribution < -0.4 is 10.1 Å². The van der Waals surface area contributed by atoms with Crippen LogP contribution in [0.1, 0.15) is 13.8 Å². The number of hydrogen-bond acceptors (Lipinski definition) is 6. The van der Waals surface area contributed by atoms with E-state index in [1.807, 2.05) is 13.8 Å². The van der Waals surface area contributed by atoms with Gasteiger partial charge in [0, 0.05) is 41.9 Å². The predicted molar refractivity (Wildman–Crippen MR) is 132 cm³/mol. The van der Waals surface area contributed by atoms with E-state index in [1.54, 1.807) is 58.0 Å². The highest BCUT2D eigenvalue weighted by Gasteiger charge is 2.28. The van der Waals surface area contributed by atoms with Crippen molar-refractivity contribution in [1.29, 1.82) is 0 Å². The first-order valence-electron chi connectivity index (χ1n) is 11.3. The molecular formula is C25H29N3O6S. The Morgan fingerprint density at radius 1 is 1.09 bits per heavy atom. The van der Waals surface area contributed by atoms with Gasteiger partial charge in [0.1, 0.15) is 18.0 Å². The number of methoxy groups -OCH3 is 1. The maximum atomic E-state index is 13.2. The van der Waals surface area contributed by atoms with Crippen LogP contribution in [0.4, 0.5) is 5.69 Å². The summed E-state index contributed by atoms with van der Waals surface area (Å²) in [6.45, 7) is 4.80. The first-order valence-corrected chi connectivity index (χ1v) is 13.0. The minimum Gasteiger partial charge on any atom is -0.497 e. The molecule has 1 saturated heterocycles. The molecule has 1 fully saturated rings. The molecule has 186 valence electrons. The van der Waals surface area contributed by atoms with E-state index in [-0.39, 0.29) is 29.6 Å². The molecule has 1 aromatic heterocycles. The molecule has 2 unspecified atom stereocenters. The van der Waals surface area contributed by atoms with Crippen molar-refractivity contribution in [1.82, 2.24) is 9.47 Å². The lowest BCUT2D eigenvalue weighted by atomic mass is 10.2. The molecule has 4 rings (SSSR count). The van der Waals surface area contributed by atoms with E-state index in [4.69, 9.17) is 9.47 Å². The number of morpholine rings is 1. The zero-order valence-electron chi connectivity index (χ0n) is 19.9. The molecule has 3 aromatic rings. The average molecular weight is 500 g/mol. The van der Waals surface area contributed by atoms with Gasteiger partial charge in [0.25, 0.3) is 0 Å². The van der Waals surface area contributed by atoms with Gasteiger partial charge in [-0.3, -0.25) is 9.59 Å². The van der Waals surface area contributed by atoms with Gasteiger partial charge in [0.2, 0.25) is 11.8 Å². The fourth-order valence-electron chi connectivity index (χ4n) is 4.37. The number of carbonyl (C=O) groups excluding carboxylic acids is 2. The minimum atomic E-state index is -3.99. The summed E-state index contributed by atoms with van der Waals surface area (Å²) in [4.78, 5) is 27.4. The number of fused-ring (bicyclic) bond motifs is 1. The molecule has 2 aromatic carbocycles. The smallest absolute Gasteiger partial charge is 0.242 e. The summed E-state index contributed by atoms with van der Waals surface area (Å²) < 4.78 is 39.0. The monoisotopic (exact) mass is 499 g/mol. The number of nitrogens with one attached hydrogen (secondary N) is 1. The Balaban J connectivity index is 1.56. The molecule has 0 radical (unpaired) electrons. The van der Waals surface area contributed by atoms with Gasteiger partial charge < -0.3 is 24.3 Å². The SMILES string of the molecule is COc1cccc(NC(=O)CS(=O)(=O)c2cn(CC(=O)N3CC(C)OC(C)C3)c3ccccc23)c1. The Morgan fingerprint density at radius 3 is 2.51 bits per heavy atom. The lowest BCUT2D eigenvalue weighted by Gasteiger charge is -2.35. The molecule has 2 heterocycles. The third-order valence-electron chi connectivity index (χ3n) is 5.84. The normalized spacial score (nSPS) is 18.4. The summed E-state index contributed by atoms with van der Waals surface area (Å²) in [6, 6.07) is 13.6. The number of ether oxygens (including phenoxy) is 2. The summed E-state index contributed by atoms with van der Waals surface area (Å²) in [5, 5.41) is 3.07. The minimum absolute atomic E-state index is 0.00845. The second-order valence-corrected chi connectivity index (χ2v) is 10.7. The third-order valence-corrected chi connectivity index (χ3v) is 7.48. The molecule has 0 spiro atoms. The first-order chi connectivity index (χ1) is 16.7. The van der Waals surface area contributed by atoms with E-state index in [0.29, 0.717) is 35.4 Å². The lowest BCUT2D eigenvalue weighted by Crippen LogP contribution is -2.49. The summed E-state index contributed by atoms with van der Waals surface area (Å²) in [6.07, 6.45) is 1.32. The Hall–Kier alpha value is -3.37. The molecule has 0 bridgehead atoms. The van der Waals surface area contributed by atoms with Gasteiger partial charge in [-0.25, -0.2) is 8.42 Å². The van der Waals surface area contributed by atoms with Crippen LogP contribution in [0.25, 0.3) is 10.9 Å². The molecule has 1 N–H and O–H groups in total. The zero-order valence-corrected chi connectivity index (χ0v) is 20.7. The number of anilines is 1. The van der Waals surface area contributed by atoms with Gasteiger partial charge in [-0.15, -0.1) is 0 Å². The molecule has 0 saturated carbocycles. The number of benzene rings is 2. The molecule has 2 amide bonds. The molecule has 10 heteroatoms. The van der Waals surface area contributed by atoms with Crippen molar-refractivity contribution in [2.45, 2.75) is 37.5 Å². The number of nitrogens with zero attached hydrogens (tertiary/aromatic N) is 2. The molecule has 0 aliphatic carbocycles. The quantitative estimate of drug-likeness (QED) is 0.536. The first kappa shape index (κ1) is 24.7. The van der Waals surface area contributed by atoms with Crippen molar-refractivity contribution >= 4 is 38.2 Å². The lowest BCUT2D eigenvalue weighted by molar-refractivity contribution is -0.143. The number of amides is 2. The van der Waals surface area contributed by atoms with Crippen LogP contribution >= 0.6 is 0 Å². The maximum Gasteiger partial charge on any atom is 0.242 e. The maximum absolute atomic E-state index is 13.2. The second kappa shape index (κ2) is 10.1. The standard InChI is InChI=1S/C25H29N3O6S/c1-17-12-28(13-18(2)34-17)25(30)15-27-14-23(21-9-4-5-10-22(21)27)35(31,32)16-24(29)26-19-7-6-8-20(11-19)33-3/h4-11,14,17-18H,12-13,15-16H2,1-3H3,(H,26,29). The highest BCUT2D eigenvalue weighted by molar-refractivity contribution is 7.92. The Morgan fingerprint density at radius 2 is 1.80 bits per heavy atom. The van der Waals surface area contributed by atoms with E-state index in [9.17, 15) is 18.0 Å². The van der Waals surface area contributed by atoms with E-state index >= 15 is 0 Å². The Labute approximate surface area is 204 Å². The van der Waals surface area contributed by atoms with Gasteiger partial charge in [-0.1, -0.05) is 24.3 Å². The number of hydrogen-bond donors (Lipinski definition) is 1. The molecule has 2 atom stereocenters. The van der Waals surface area contributed by atoms with Crippen LogP contribution in [0.2, 0.25) is 0 Å². The van der Waals surface area contributed by atoms with Crippen LogP contribution in [0.5, 0.6) is 5.75 Å². The largest absolute Gasteiger partial charge is 0.497 e. The van der Waals surface area contributed by atoms with Crippen molar-refractivity contribution in [3.63, 3.8) is 0 Å². The van der Waals surface area contributed by atoms with Crippen molar-refractivity contribution in [3.8, 4) is 5.75 Å². The average Bonchev–Trinajstić information content (AvgIpc) is 3.17. The highest BCUT2D eigenvalue weighted by Crippen LogP contribution is 2.27. The Kier molecular flexibility index (Phi) is 7.13. The van der Waals surface area contributed by atoms with E-state index in [2.05, 4.69) is 5.32 Å². The fourth-order valence-corrected chi connectivity index (χ4v) is 5.74. The topological polar surface area (TPSA) is 107 Å². The second-order valence-electron chi connectivity index (χ2n) is 8.73. The molecule has 1 aliphatic rings. The van der Waals surface area contributed by atoms with Crippen molar-refractivity contribution in [3.05, 3.63) is 54.7 Å². The number of sulfone groups is 1. The van der Waals surface area contributed by atoms with E-state index in [1.165, 1.54) is 13.3 Å². The van der Waals surface area contributed by atoms with Gasteiger partial charge in [0.15, 0.2) is 9.84 Å². The number of rotatable bonds is 7. The van der Waals surface area contributed by atoms with Crippen LogP contribution in [-0.2, 0) is 30.7 Å². The number of para-hydroxylation sites is 1. The van der Waals surface area contributed by atoms with Gasteiger partial charge in [-0.05, 0) is 32.0 Å². The molecular weight excluding hydrogens is 470 g/mol. The van der Waals surface area contributed by atoms with Gasteiger partial charge >= 0.3 is 0 Å². The summed E-state index contributed by atoms with van der Waals surface area (Å²) in [7, 11) is -2.48. The zero-order chi connectivity index (χ0) is 25.2. The van der Waals surface area contributed by atoms with Crippen LogP contribution in [0.15, 0.2) is 59.6 Å². The molecule has 1 aliphatic heterocycles. The van der Waals surface area contributed by atoms with Crippen molar-refractivity contribution in [2.75, 3.05) is 31.3 Å². The van der Waals surface area contributed by atoms with E-state index < -0.39 is 21.5 Å². The van der Waals surface area contributed by atoms with Crippen LogP contribution in [0.3, 0.4) is 0 Å². The van der Waals surface area contributed by atoms with E-state index in [0.717, 1.165) is 0 Å².